The highest BCUT2D eigenvalue weighted by Gasteiger charge is 2.30. The molecule has 6 nitrogen and oxygen atoms in total. The second-order valence-corrected chi connectivity index (χ2v) is 11.9. The molecule has 0 aliphatic heterocycles. The van der Waals surface area contributed by atoms with E-state index in [1.165, 1.54) is 24.3 Å². The molecule has 0 saturated heterocycles. The Morgan fingerprint density at radius 3 is 2.00 bits per heavy atom. The molecule has 0 spiro atoms. The van der Waals surface area contributed by atoms with Crippen LogP contribution < -0.4 is 9.44 Å². The Morgan fingerprint density at radius 2 is 1.43 bits per heavy atom. The number of alkyl halides is 3. The fourth-order valence-corrected chi connectivity index (χ4v) is 6.44. The molecule has 0 aliphatic rings. The molecule has 0 fully saturated rings. The van der Waals surface area contributed by atoms with Crippen LogP contribution in [0.5, 0.6) is 0 Å². The third-order valence-corrected chi connectivity index (χ3v) is 8.57. The lowest BCUT2D eigenvalue weighted by Gasteiger charge is -2.12. The van der Waals surface area contributed by atoms with Crippen LogP contribution in [-0.2, 0) is 26.2 Å². The topological polar surface area (TPSA) is 92.3 Å². The van der Waals surface area contributed by atoms with Crippen LogP contribution in [0.15, 0.2) is 73.6 Å². The minimum atomic E-state index is -4.61. The lowest BCUT2D eigenvalue weighted by molar-refractivity contribution is -0.137. The number of benzene rings is 2. The molecule has 3 aromatic rings. The van der Waals surface area contributed by atoms with E-state index in [0.29, 0.717) is 9.85 Å². The van der Waals surface area contributed by atoms with E-state index in [1.807, 2.05) is 0 Å². The van der Waals surface area contributed by atoms with Gasteiger partial charge < -0.3 is 0 Å². The molecule has 0 atom stereocenters. The van der Waals surface area contributed by atoms with Crippen LogP contribution in [0.3, 0.4) is 0 Å². The molecule has 0 aliphatic carbocycles. The standard InChI is InChI=1S/C17H12BrF3N2O4S3/c18-15-8-9-16(28-15)30(26,27)22-12-4-6-14(7-5-12)29(24,25)23-13-3-1-2-11(10-13)17(19,20)21/h1-10,22-23H. The van der Waals surface area contributed by atoms with E-state index >= 15 is 0 Å². The first-order chi connectivity index (χ1) is 13.9. The second-order valence-electron chi connectivity index (χ2n) is 5.87. The number of rotatable bonds is 6. The normalized spacial score (nSPS) is 12.5. The Labute approximate surface area is 183 Å². The van der Waals surface area contributed by atoms with Crippen molar-refractivity contribution in [2.75, 3.05) is 9.44 Å². The molecule has 0 amide bonds. The molecule has 0 radical (unpaired) electrons. The highest BCUT2D eigenvalue weighted by atomic mass is 79.9. The van der Waals surface area contributed by atoms with Gasteiger partial charge >= 0.3 is 6.18 Å². The summed E-state index contributed by atoms with van der Waals surface area (Å²) in [5.74, 6) is 0. The van der Waals surface area contributed by atoms with Gasteiger partial charge in [-0.25, -0.2) is 16.8 Å². The number of nitrogens with one attached hydrogen (secondary N) is 2. The van der Waals surface area contributed by atoms with Crippen LogP contribution in [0.1, 0.15) is 5.56 Å². The maximum atomic E-state index is 12.8. The molecule has 30 heavy (non-hydrogen) atoms. The van der Waals surface area contributed by atoms with Gasteiger partial charge in [-0.1, -0.05) is 6.07 Å². The number of thiophene rings is 1. The fourth-order valence-electron chi connectivity index (χ4n) is 2.32. The summed E-state index contributed by atoms with van der Waals surface area (Å²) in [7, 11) is -8.02. The summed E-state index contributed by atoms with van der Waals surface area (Å²) in [6.45, 7) is 0. The summed E-state index contributed by atoms with van der Waals surface area (Å²) in [5, 5.41) is 0. The molecular weight excluding hydrogens is 529 g/mol. The first-order valence-corrected chi connectivity index (χ1v) is 12.5. The first-order valence-electron chi connectivity index (χ1n) is 7.95. The van der Waals surface area contributed by atoms with Gasteiger partial charge in [0.05, 0.1) is 14.2 Å². The minimum absolute atomic E-state index is 0.0669. The summed E-state index contributed by atoms with van der Waals surface area (Å²) in [6.07, 6.45) is -4.61. The maximum absolute atomic E-state index is 12.8. The summed E-state index contributed by atoms with van der Waals surface area (Å²) in [4.78, 5) is -0.248. The minimum Gasteiger partial charge on any atom is -0.280 e. The highest BCUT2D eigenvalue weighted by Crippen LogP contribution is 2.31. The number of halogens is 4. The maximum Gasteiger partial charge on any atom is 0.416 e. The predicted molar refractivity (Wildman–Crippen MR) is 112 cm³/mol. The summed E-state index contributed by atoms with van der Waals surface area (Å²) in [5.41, 5.74) is -1.12. The van der Waals surface area contributed by atoms with Crippen molar-refractivity contribution in [2.45, 2.75) is 15.3 Å². The second kappa shape index (κ2) is 8.21. The number of hydrogen-bond acceptors (Lipinski definition) is 5. The van der Waals surface area contributed by atoms with Crippen molar-refractivity contribution in [1.29, 1.82) is 0 Å². The van der Waals surface area contributed by atoms with Gasteiger partial charge in [-0.3, -0.25) is 9.44 Å². The van der Waals surface area contributed by atoms with Gasteiger partial charge in [0.15, 0.2) is 0 Å². The molecule has 1 aromatic heterocycles. The van der Waals surface area contributed by atoms with E-state index in [4.69, 9.17) is 0 Å². The van der Waals surface area contributed by atoms with Crippen molar-refractivity contribution < 1.29 is 30.0 Å². The lowest BCUT2D eigenvalue weighted by atomic mass is 10.2. The van der Waals surface area contributed by atoms with Gasteiger partial charge in [-0.15, -0.1) is 11.3 Å². The van der Waals surface area contributed by atoms with Crippen molar-refractivity contribution in [1.82, 2.24) is 0 Å². The summed E-state index contributed by atoms with van der Waals surface area (Å²) >= 11 is 4.18. The summed E-state index contributed by atoms with van der Waals surface area (Å²) < 4.78 is 93.0. The zero-order valence-corrected chi connectivity index (χ0v) is 18.7. The molecule has 1 heterocycles. The Bertz CT molecular complexity index is 1270. The molecule has 13 heteroatoms. The molecule has 0 saturated carbocycles. The van der Waals surface area contributed by atoms with Gasteiger partial charge in [-0.2, -0.15) is 13.2 Å². The Kier molecular flexibility index (Phi) is 6.18. The Hall–Kier alpha value is -2.09. The smallest absolute Gasteiger partial charge is 0.280 e. The zero-order chi connectivity index (χ0) is 22.2. The van der Waals surface area contributed by atoms with Gasteiger partial charge in [0.2, 0.25) is 0 Å². The van der Waals surface area contributed by atoms with Crippen LogP contribution in [0.25, 0.3) is 0 Å². The van der Waals surface area contributed by atoms with Crippen LogP contribution in [0.2, 0.25) is 0 Å². The van der Waals surface area contributed by atoms with E-state index in [0.717, 1.165) is 35.6 Å². The number of hydrogen-bond donors (Lipinski definition) is 2. The van der Waals surface area contributed by atoms with E-state index in [2.05, 4.69) is 25.4 Å². The van der Waals surface area contributed by atoms with Gasteiger partial charge in [-0.05, 0) is 70.5 Å². The van der Waals surface area contributed by atoms with Crippen LogP contribution >= 0.6 is 27.3 Å². The van der Waals surface area contributed by atoms with Crippen LogP contribution in [0, 0.1) is 0 Å². The quantitative estimate of drug-likeness (QED) is 0.453. The van der Waals surface area contributed by atoms with Crippen LogP contribution in [0.4, 0.5) is 24.5 Å². The predicted octanol–water partition coefficient (Wildman–Crippen LogP) is 5.13. The molecule has 0 bridgehead atoms. The van der Waals surface area contributed by atoms with E-state index < -0.39 is 31.8 Å². The molecule has 2 N–H and O–H groups in total. The third-order valence-electron chi connectivity index (χ3n) is 3.67. The number of anilines is 2. The van der Waals surface area contributed by atoms with Crippen molar-refractivity contribution in [3.63, 3.8) is 0 Å². The lowest BCUT2D eigenvalue weighted by Crippen LogP contribution is -2.15. The Balaban J connectivity index is 1.78. The highest BCUT2D eigenvalue weighted by molar-refractivity contribution is 9.11. The average Bonchev–Trinajstić information content (AvgIpc) is 3.08. The van der Waals surface area contributed by atoms with Crippen molar-refractivity contribution in [3.8, 4) is 0 Å². The monoisotopic (exact) mass is 540 g/mol. The average molecular weight is 541 g/mol. The molecule has 2 aromatic carbocycles. The number of sulfonamides is 2. The van der Waals surface area contributed by atoms with Gasteiger partial charge in [0.1, 0.15) is 4.21 Å². The van der Waals surface area contributed by atoms with E-state index in [1.54, 1.807) is 6.07 Å². The largest absolute Gasteiger partial charge is 0.416 e. The SMILES string of the molecule is O=S(=O)(Nc1cccc(C(F)(F)F)c1)c1ccc(NS(=O)(=O)c2ccc(Br)s2)cc1. The molecule has 0 unspecified atom stereocenters. The molecule has 3 rings (SSSR count). The van der Waals surface area contributed by atoms with Crippen molar-refractivity contribution >= 4 is 58.7 Å². The summed E-state index contributed by atoms with van der Waals surface area (Å²) in [6, 6.07) is 11.5. The van der Waals surface area contributed by atoms with Gasteiger partial charge in [0.25, 0.3) is 20.0 Å². The molecule has 160 valence electrons. The third kappa shape index (κ3) is 5.33. The van der Waals surface area contributed by atoms with Crippen molar-refractivity contribution in [3.05, 3.63) is 70.0 Å². The van der Waals surface area contributed by atoms with Crippen molar-refractivity contribution in [2.24, 2.45) is 0 Å². The van der Waals surface area contributed by atoms with E-state index in [9.17, 15) is 30.0 Å². The van der Waals surface area contributed by atoms with E-state index in [-0.39, 0.29) is 20.5 Å². The first kappa shape index (κ1) is 22.6. The fraction of sp³-hybridized carbons (Fsp3) is 0.0588. The zero-order valence-electron chi connectivity index (χ0n) is 14.6. The molecular formula is C17H12BrF3N2O4S3. The Morgan fingerprint density at radius 1 is 0.800 bits per heavy atom. The van der Waals surface area contributed by atoms with Crippen LogP contribution in [-0.4, -0.2) is 16.8 Å². The van der Waals surface area contributed by atoms with Gasteiger partial charge in [0, 0.05) is 11.4 Å².